The van der Waals surface area contributed by atoms with E-state index in [1.165, 1.54) is 18.1 Å². The first-order valence-electron chi connectivity index (χ1n) is 11.7. The van der Waals surface area contributed by atoms with Crippen LogP contribution >= 0.6 is 0 Å². The lowest BCUT2D eigenvalue weighted by Gasteiger charge is -2.41. The second-order valence-corrected chi connectivity index (χ2v) is 8.87. The summed E-state index contributed by atoms with van der Waals surface area (Å²) in [6.45, 7) is 0.380. The molecular weight excluding hydrogens is 490 g/mol. The van der Waals surface area contributed by atoms with Gasteiger partial charge in [0.2, 0.25) is 12.3 Å². The van der Waals surface area contributed by atoms with Gasteiger partial charge < -0.3 is 19.3 Å². The number of aromatic nitrogens is 2. The lowest BCUT2D eigenvalue weighted by atomic mass is 9.70. The van der Waals surface area contributed by atoms with E-state index in [2.05, 4.69) is 10.1 Å². The van der Waals surface area contributed by atoms with E-state index >= 15 is 0 Å². The molecule has 1 saturated heterocycles. The van der Waals surface area contributed by atoms with E-state index in [9.17, 15) is 28.8 Å². The molecule has 1 aliphatic heterocycles. The number of ether oxygens (including phenoxy) is 1. The maximum Gasteiger partial charge on any atom is 0.407 e. The summed E-state index contributed by atoms with van der Waals surface area (Å²) in [4.78, 5) is 29.3. The van der Waals surface area contributed by atoms with Crippen LogP contribution in [0.1, 0.15) is 46.2 Å². The molecule has 2 heterocycles. The maximum atomic E-state index is 12.9. The van der Waals surface area contributed by atoms with Crippen molar-refractivity contribution < 1.29 is 32.9 Å². The van der Waals surface area contributed by atoms with Crippen LogP contribution in [0.2, 0.25) is 0 Å². The normalized spacial score (nSPS) is 19.8. The van der Waals surface area contributed by atoms with Gasteiger partial charge in [0.25, 0.3) is 5.69 Å². The van der Waals surface area contributed by atoms with Crippen LogP contribution in [0.3, 0.4) is 0 Å². The summed E-state index contributed by atoms with van der Waals surface area (Å²) in [5.74, 6) is -1.31. The molecule has 1 aliphatic rings. The number of likely N-dealkylation sites (tertiary alicyclic amines) is 1. The molecule has 0 radical (unpaired) electrons. The quantitative estimate of drug-likeness (QED) is 0.322. The van der Waals surface area contributed by atoms with Crippen molar-refractivity contribution in [1.29, 1.82) is 0 Å². The molecule has 4 rings (SSSR count). The van der Waals surface area contributed by atoms with Crippen molar-refractivity contribution in [2.45, 2.75) is 37.0 Å². The van der Waals surface area contributed by atoms with Crippen LogP contribution in [0.4, 0.5) is 19.3 Å². The van der Waals surface area contributed by atoms with Crippen LogP contribution < -0.4 is 0 Å². The number of piperidine rings is 1. The summed E-state index contributed by atoms with van der Waals surface area (Å²) < 4.78 is 36.3. The number of nitro groups is 1. The third-order valence-corrected chi connectivity index (χ3v) is 6.59. The highest BCUT2D eigenvalue weighted by Crippen LogP contribution is 2.49. The third kappa shape index (κ3) is 5.91. The summed E-state index contributed by atoms with van der Waals surface area (Å²) in [7, 11) is 1.54. The fourth-order valence-corrected chi connectivity index (χ4v) is 4.92. The molecule has 1 amide bonds. The van der Waals surface area contributed by atoms with Gasteiger partial charge in [-0.2, -0.15) is 4.98 Å². The average Bonchev–Trinajstić information content (AvgIpc) is 3.35. The number of carboxylic acid groups (broad SMARTS) is 1. The van der Waals surface area contributed by atoms with Crippen LogP contribution in [0, 0.1) is 10.1 Å². The number of para-hydroxylation sites is 1. The van der Waals surface area contributed by atoms with Crippen LogP contribution in [-0.4, -0.2) is 64.4 Å². The summed E-state index contributed by atoms with van der Waals surface area (Å²) >= 11 is 0. The van der Waals surface area contributed by atoms with Crippen LogP contribution in [0.15, 0.2) is 53.1 Å². The van der Waals surface area contributed by atoms with Crippen molar-refractivity contribution in [3.05, 3.63) is 87.1 Å². The smallest absolute Gasteiger partial charge is 0.407 e. The van der Waals surface area contributed by atoms with E-state index in [1.54, 1.807) is 42.5 Å². The van der Waals surface area contributed by atoms with Gasteiger partial charge in [0.05, 0.1) is 17.4 Å². The highest BCUT2D eigenvalue weighted by Gasteiger charge is 2.45. The van der Waals surface area contributed by atoms with E-state index in [-0.39, 0.29) is 24.7 Å². The van der Waals surface area contributed by atoms with E-state index < -0.39 is 41.6 Å². The van der Waals surface area contributed by atoms with Gasteiger partial charge in [-0.25, -0.2) is 13.6 Å². The molecule has 0 aliphatic carbocycles. The van der Waals surface area contributed by atoms with Gasteiger partial charge in [0.1, 0.15) is 0 Å². The van der Waals surface area contributed by atoms with E-state index in [4.69, 9.17) is 9.26 Å². The average molecular weight is 517 g/mol. The minimum Gasteiger partial charge on any atom is -0.465 e. The number of hydrogen-bond donors (Lipinski definition) is 1. The summed E-state index contributed by atoms with van der Waals surface area (Å²) in [6.07, 6.45) is -3.70. The maximum absolute atomic E-state index is 12.9. The molecule has 1 fully saturated rings. The minimum atomic E-state index is -2.50. The Morgan fingerprint density at radius 1 is 1.22 bits per heavy atom. The third-order valence-electron chi connectivity index (χ3n) is 6.59. The number of hydrogen-bond acceptors (Lipinski definition) is 7. The second-order valence-electron chi connectivity index (χ2n) is 8.87. The van der Waals surface area contributed by atoms with E-state index in [0.29, 0.717) is 35.5 Å². The lowest BCUT2D eigenvalue weighted by molar-refractivity contribution is -0.385. The highest BCUT2D eigenvalue weighted by molar-refractivity contribution is 5.66. The molecule has 3 atom stereocenters. The van der Waals surface area contributed by atoms with Crippen molar-refractivity contribution in [1.82, 2.24) is 15.0 Å². The Bertz CT molecular complexity index is 1240. The van der Waals surface area contributed by atoms with E-state index in [0.717, 1.165) is 0 Å². The predicted molar refractivity (Wildman–Crippen MR) is 127 cm³/mol. The van der Waals surface area contributed by atoms with Crippen molar-refractivity contribution in [2.75, 3.05) is 26.8 Å². The Labute approximate surface area is 211 Å². The van der Waals surface area contributed by atoms with Gasteiger partial charge in [-0.1, -0.05) is 47.6 Å². The number of alkyl halides is 2. The summed E-state index contributed by atoms with van der Waals surface area (Å²) in [6, 6.07) is 12.8. The van der Waals surface area contributed by atoms with Gasteiger partial charge in [0.15, 0.2) is 5.82 Å². The molecule has 12 heteroatoms. The molecule has 3 unspecified atom stereocenters. The monoisotopic (exact) mass is 516 g/mol. The Balaban J connectivity index is 1.83. The number of carbonyl (C=O) groups is 1. The Hall–Kier alpha value is -3.93. The predicted octanol–water partition coefficient (Wildman–Crippen LogP) is 4.62. The molecular formula is C25H26F2N4O6. The molecule has 196 valence electrons. The number of rotatable bonds is 9. The Morgan fingerprint density at radius 2 is 1.92 bits per heavy atom. The molecule has 10 nitrogen and oxygen atoms in total. The molecule has 0 saturated carbocycles. The molecule has 0 spiro atoms. The number of benzene rings is 2. The summed E-state index contributed by atoms with van der Waals surface area (Å²) in [5.41, 5.74) is 1.39. The highest BCUT2D eigenvalue weighted by atomic mass is 19.3. The molecule has 0 bridgehead atoms. The topological polar surface area (TPSA) is 132 Å². The van der Waals surface area contributed by atoms with Gasteiger partial charge in [-0.15, -0.1) is 0 Å². The van der Waals surface area contributed by atoms with E-state index in [1.807, 2.05) is 0 Å². The standard InChI is InChI=1S/C25H26F2N4O6/c1-36-11-10-22-28-24(37-29-22)19-14-30(25(32)33)13-18(16-8-6-15(7-9-16)12-21(26)27)23(19)17-4-2-3-5-20(17)31(34)35/h2-9,18-19,21,23H,10-14H2,1H3,(H,32,33). The first-order chi connectivity index (χ1) is 17.8. The van der Waals surface area contributed by atoms with Crippen molar-refractivity contribution in [3.63, 3.8) is 0 Å². The summed E-state index contributed by atoms with van der Waals surface area (Å²) in [5, 5.41) is 25.8. The number of amides is 1. The van der Waals surface area contributed by atoms with Gasteiger partial charge in [-0.3, -0.25) is 10.1 Å². The zero-order valence-electron chi connectivity index (χ0n) is 20.0. The first-order valence-corrected chi connectivity index (χ1v) is 11.7. The lowest BCUT2D eigenvalue weighted by Crippen LogP contribution is -2.45. The zero-order valence-corrected chi connectivity index (χ0v) is 20.0. The van der Waals surface area contributed by atoms with Gasteiger partial charge >= 0.3 is 6.09 Å². The second kappa shape index (κ2) is 11.4. The number of nitro benzene ring substituents is 1. The SMILES string of the molecule is COCCc1noc(C2CN(C(=O)O)CC(c3ccc(CC(F)F)cc3)C2c2ccccc2[N+](=O)[O-])n1. The molecule has 1 N–H and O–H groups in total. The zero-order chi connectivity index (χ0) is 26.5. The van der Waals surface area contributed by atoms with Crippen molar-refractivity contribution in [2.24, 2.45) is 0 Å². The largest absolute Gasteiger partial charge is 0.465 e. The van der Waals surface area contributed by atoms with Crippen LogP contribution in [0.25, 0.3) is 0 Å². The van der Waals surface area contributed by atoms with Crippen LogP contribution in [0.5, 0.6) is 0 Å². The fraction of sp³-hybridized carbons (Fsp3) is 0.400. The fourth-order valence-electron chi connectivity index (χ4n) is 4.92. The number of halogens is 2. The molecule has 2 aromatic carbocycles. The Morgan fingerprint density at radius 3 is 2.57 bits per heavy atom. The van der Waals surface area contributed by atoms with Gasteiger partial charge in [-0.05, 0) is 11.1 Å². The number of nitrogens with zero attached hydrogens (tertiary/aromatic N) is 4. The first kappa shape index (κ1) is 26.1. The molecule has 37 heavy (non-hydrogen) atoms. The molecule has 1 aromatic heterocycles. The van der Waals surface area contributed by atoms with Crippen LogP contribution in [-0.2, 0) is 17.6 Å². The minimum absolute atomic E-state index is 0.0159. The Kier molecular flexibility index (Phi) is 8.07. The molecule has 3 aromatic rings. The van der Waals surface area contributed by atoms with Crippen molar-refractivity contribution >= 4 is 11.8 Å². The van der Waals surface area contributed by atoms with Gasteiger partial charge in [0, 0.05) is 56.5 Å². The van der Waals surface area contributed by atoms with Crippen molar-refractivity contribution in [3.8, 4) is 0 Å². The number of methoxy groups -OCH3 is 1.